The van der Waals surface area contributed by atoms with Crippen LogP contribution in [0.4, 0.5) is 5.69 Å². The van der Waals surface area contributed by atoms with Crippen LogP contribution < -0.4 is 5.01 Å². The Balaban J connectivity index is 1.49. The normalized spacial score (nSPS) is 14.5. The second kappa shape index (κ2) is 8.88. The van der Waals surface area contributed by atoms with E-state index in [9.17, 15) is 9.59 Å². The van der Waals surface area contributed by atoms with E-state index in [1.165, 1.54) is 5.01 Å². The summed E-state index contributed by atoms with van der Waals surface area (Å²) >= 11 is 0. The van der Waals surface area contributed by atoms with Gasteiger partial charge >= 0.3 is 0 Å². The first-order chi connectivity index (χ1) is 16.2. The lowest BCUT2D eigenvalue weighted by Crippen LogP contribution is -2.21. The fraction of sp³-hybridized carbons (Fsp3) is 0.0370. The van der Waals surface area contributed by atoms with Crippen molar-refractivity contribution in [2.45, 2.75) is 6.42 Å². The van der Waals surface area contributed by atoms with Crippen LogP contribution in [0, 0.1) is 0 Å². The molecule has 1 aliphatic rings. The highest BCUT2D eigenvalue weighted by Crippen LogP contribution is 2.27. The Morgan fingerprint density at radius 1 is 0.818 bits per heavy atom. The van der Waals surface area contributed by atoms with Gasteiger partial charge in [-0.1, -0.05) is 42.5 Å². The van der Waals surface area contributed by atoms with Gasteiger partial charge in [-0.15, -0.1) is 0 Å². The Hall–Kier alpha value is -4.58. The van der Waals surface area contributed by atoms with Crippen LogP contribution in [0.15, 0.2) is 108 Å². The smallest absolute Gasteiger partial charge is 0.280 e. The lowest BCUT2D eigenvalue weighted by atomic mass is 10.00. The van der Waals surface area contributed by atoms with E-state index in [1.807, 2.05) is 71.4 Å². The van der Waals surface area contributed by atoms with Gasteiger partial charge in [-0.2, -0.15) is 10.1 Å². The summed E-state index contributed by atoms with van der Waals surface area (Å²) in [5, 5.41) is 6.06. The molecule has 6 nitrogen and oxygen atoms in total. The molecule has 0 aliphatic carbocycles. The number of amides is 1. The Labute approximate surface area is 191 Å². The summed E-state index contributed by atoms with van der Waals surface area (Å²) in [6.45, 7) is 0. The molecule has 1 amide bonds. The maximum Gasteiger partial charge on any atom is 0.280 e. The van der Waals surface area contributed by atoms with Gasteiger partial charge < -0.3 is 4.57 Å². The fourth-order valence-electron chi connectivity index (χ4n) is 3.71. The van der Waals surface area contributed by atoms with Crippen molar-refractivity contribution in [1.29, 1.82) is 0 Å². The van der Waals surface area contributed by atoms with Gasteiger partial charge in [-0.05, 0) is 53.6 Å². The van der Waals surface area contributed by atoms with Gasteiger partial charge in [0.15, 0.2) is 0 Å². The minimum absolute atomic E-state index is 0.196. The van der Waals surface area contributed by atoms with Gasteiger partial charge in [0.1, 0.15) is 6.29 Å². The minimum atomic E-state index is -0.196. The lowest BCUT2D eigenvalue weighted by Gasteiger charge is -2.11. The predicted octanol–water partition coefficient (Wildman–Crippen LogP) is 4.71. The molecular formula is C27H20N4O2. The number of aldehydes is 1. The molecular weight excluding hydrogens is 412 g/mol. The molecule has 33 heavy (non-hydrogen) atoms. The van der Waals surface area contributed by atoms with Crippen LogP contribution >= 0.6 is 0 Å². The first-order valence-electron chi connectivity index (χ1n) is 10.5. The van der Waals surface area contributed by atoms with E-state index < -0.39 is 0 Å². The van der Waals surface area contributed by atoms with E-state index in [0.717, 1.165) is 23.1 Å². The van der Waals surface area contributed by atoms with Crippen molar-refractivity contribution in [3.63, 3.8) is 0 Å². The molecule has 0 spiro atoms. The second-order valence-corrected chi connectivity index (χ2v) is 7.65. The fourth-order valence-corrected chi connectivity index (χ4v) is 3.71. The van der Waals surface area contributed by atoms with Crippen LogP contribution in [0.5, 0.6) is 0 Å². The molecule has 0 saturated carbocycles. The van der Waals surface area contributed by atoms with E-state index in [2.05, 4.69) is 10.1 Å². The summed E-state index contributed by atoms with van der Waals surface area (Å²) in [5.41, 5.74) is 5.38. The van der Waals surface area contributed by atoms with Gasteiger partial charge in [0.25, 0.3) is 5.91 Å². The molecule has 3 aromatic carbocycles. The highest BCUT2D eigenvalue weighted by molar-refractivity contribution is 6.33. The SMILES string of the molecule is O=Cc1ccc(N2N=C(Cc3ccccc3)/C(=C/c3ccc(-n4ccnc4)cc3)C2=O)cc1. The molecule has 0 unspecified atom stereocenters. The molecule has 1 aliphatic heterocycles. The van der Waals surface area contributed by atoms with Gasteiger partial charge in [-0.25, -0.2) is 4.98 Å². The van der Waals surface area contributed by atoms with Gasteiger partial charge in [0.2, 0.25) is 0 Å². The number of benzene rings is 3. The first kappa shape index (κ1) is 20.3. The van der Waals surface area contributed by atoms with Crippen molar-refractivity contribution >= 4 is 29.7 Å². The molecule has 4 aromatic rings. The number of nitrogens with zero attached hydrogens (tertiary/aromatic N) is 4. The number of hydrogen-bond donors (Lipinski definition) is 0. The number of imidazole rings is 1. The third-order valence-electron chi connectivity index (χ3n) is 5.45. The van der Waals surface area contributed by atoms with Crippen molar-refractivity contribution < 1.29 is 9.59 Å². The summed E-state index contributed by atoms with van der Waals surface area (Å²) < 4.78 is 1.92. The Bertz CT molecular complexity index is 1340. The van der Waals surface area contributed by atoms with E-state index in [0.29, 0.717) is 29.0 Å². The van der Waals surface area contributed by atoms with Crippen LogP contribution in [0.2, 0.25) is 0 Å². The first-order valence-corrected chi connectivity index (χ1v) is 10.5. The molecule has 0 N–H and O–H groups in total. The Kier molecular flexibility index (Phi) is 5.47. The average Bonchev–Trinajstić information content (AvgIpc) is 3.50. The third kappa shape index (κ3) is 4.27. The summed E-state index contributed by atoms with van der Waals surface area (Å²) in [4.78, 5) is 28.4. The zero-order valence-corrected chi connectivity index (χ0v) is 17.7. The van der Waals surface area contributed by atoms with Crippen molar-refractivity contribution in [3.8, 4) is 5.69 Å². The zero-order chi connectivity index (χ0) is 22.6. The summed E-state index contributed by atoms with van der Waals surface area (Å²) in [6, 6.07) is 24.7. The van der Waals surface area contributed by atoms with Gasteiger partial charge in [0.05, 0.1) is 23.3 Å². The van der Waals surface area contributed by atoms with E-state index in [-0.39, 0.29) is 5.91 Å². The largest absolute Gasteiger partial charge is 0.306 e. The van der Waals surface area contributed by atoms with Gasteiger partial charge in [0, 0.05) is 30.1 Å². The standard InChI is InChI=1S/C27H20N4O2/c32-18-22-8-12-24(13-9-22)31-27(33)25(26(29-31)17-20-4-2-1-3-5-20)16-21-6-10-23(11-7-21)30-15-14-28-19-30/h1-16,18-19H,17H2/b25-16-. The number of hydrogen-bond acceptors (Lipinski definition) is 4. The quantitative estimate of drug-likeness (QED) is 0.327. The van der Waals surface area contributed by atoms with E-state index >= 15 is 0 Å². The highest BCUT2D eigenvalue weighted by Gasteiger charge is 2.31. The van der Waals surface area contributed by atoms with Gasteiger partial charge in [-0.3, -0.25) is 9.59 Å². The maximum absolute atomic E-state index is 13.4. The van der Waals surface area contributed by atoms with Crippen LogP contribution in [-0.4, -0.2) is 27.5 Å². The topological polar surface area (TPSA) is 67.6 Å². The summed E-state index contributed by atoms with van der Waals surface area (Å²) in [7, 11) is 0. The molecule has 0 radical (unpaired) electrons. The van der Waals surface area contributed by atoms with E-state index in [4.69, 9.17) is 0 Å². The lowest BCUT2D eigenvalue weighted by molar-refractivity contribution is -0.114. The molecule has 0 fully saturated rings. The zero-order valence-electron chi connectivity index (χ0n) is 17.7. The highest BCUT2D eigenvalue weighted by atomic mass is 16.2. The molecule has 2 heterocycles. The van der Waals surface area contributed by atoms with Crippen LogP contribution in [-0.2, 0) is 11.2 Å². The molecule has 1 aromatic heterocycles. The molecule has 5 rings (SSSR count). The van der Waals surface area contributed by atoms with Crippen molar-refractivity contribution in [2.24, 2.45) is 5.10 Å². The Morgan fingerprint density at radius 3 is 2.18 bits per heavy atom. The summed E-state index contributed by atoms with van der Waals surface area (Å²) in [5.74, 6) is -0.196. The molecule has 0 bridgehead atoms. The summed E-state index contributed by atoms with van der Waals surface area (Å²) in [6.07, 6.45) is 8.54. The third-order valence-corrected chi connectivity index (χ3v) is 5.45. The number of aromatic nitrogens is 2. The Morgan fingerprint density at radius 2 is 1.52 bits per heavy atom. The maximum atomic E-state index is 13.4. The van der Waals surface area contributed by atoms with Crippen LogP contribution in [0.3, 0.4) is 0 Å². The number of anilines is 1. The molecule has 0 atom stereocenters. The predicted molar refractivity (Wildman–Crippen MR) is 128 cm³/mol. The van der Waals surface area contributed by atoms with Crippen molar-refractivity contribution in [3.05, 3.63) is 120 Å². The number of hydrazone groups is 1. The van der Waals surface area contributed by atoms with Crippen molar-refractivity contribution in [2.75, 3.05) is 5.01 Å². The van der Waals surface area contributed by atoms with Crippen LogP contribution in [0.25, 0.3) is 11.8 Å². The minimum Gasteiger partial charge on any atom is -0.306 e. The average molecular weight is 432 g/mol. The molecule has 6 heteroatoms. The monoisotopic (exact) mass is 432 g/mol. The number of carbonyl (C=O) groups excluding carboxylic acids is 2. The molecule has 0 saturated heterocycles. The van der Waals surface area contributed by atoms with Crippen molar-refractivity contribution in [1.82, 2.24) is 9.55 Å². The molecule has 160 valence electrons. The number of rotatable bonds is 6. The number of carbonyl (C=O) groups is 2. The van der Waals surface area contributed by atoms with E-state index in [1.54, 1.807) is 36.8 Å². The van der Waals surface area contributed by atoms with Crippen LogP contribution in [0.1, 0.15) is 21.5 Å². The second-order valence-electron chi connectivity index (χ2n) is 7.65.